The molecular formula is C18H25NO2. The molecule has 2 N–H and O–H groups in total. The van der Waals surface area contributed by atoms with Crippen LogP contribution >= 0.6 is 0 Å². The number of benzene rings is 1. The molecule has 1 aromatic rings. The van der Waals surface area contributed by atoms with Crippen LogP contribution in [-0.2, 0) is 0 Å². The van der Waals surface area contributed by atoms with Crippen LogP contribution in [-0.4, -0.2) is 12.7 Å². The van der Waals surface area contributed by atoms with E-state index in [2.05, 4.69) is 6.07 Å². The SMILES string of the molecule is COc1ccc2c(c1)OC1(CCCC(C3CC3)C1)C[C@@H]2N. The van der Waals surface area contributed by atoms with Crippen LogP contribution in [0.3, 0.4) is 0 Å². The van der Waals surface area contributed by atoms with Crippen molar-refractivity contribution >= 4 is 0 Å². The van der Waals surface area contributed by atoms with Gasteiger partial charge in [0.1, 0.15) is 17.1 Å². The number of ether oxygens (including phenoxy) is 2. The topological polar surface area (TPSA) is 44.5 Å². The summed E-state index contributed by atoms with van der Waals surface area (Å²) in [6.45, 7) is 0. The molecule has 0 radical (unpaired) electrons. The highest BCUT2D eigenvalue weighted by Gasteiger charge is 2.46. The molecule has 4 rings (SSSR count). The quantitative estimate of drug-likeness (QED) is 0.899. The lowest BCUT2D eigenvalue weighted by atomic mass is 9.71. The summed E-state index contributed by atoms with van der Waals surface area (Å²) in [4.78, 5) is 0. The maximum atomic E-state index is 6.52. The monoisotopic (exact) mass is 287 g/mol. The first-order chi connectivity index (χ1) is 10.2. The molecule has 3 atom stereocenters. The van der Waals surface area contributed by atoms with E-state index in [-0.39, 0.29) is 11.6 Å². The Labute approximate surface area is 126 Å². The van der Waals surface area contributed by atoms with Gasteiger partial charge >= 0.3 is 0 Å². The number of methoxy groups -OCH3 is 1. The van der Waals surface area contributed by atoms with E-state index < -0.39 is 0 Å². The predicted octanol–water partition coefficient (Wildman–Crippen LogP) is 3.82. The molecule has 1 aliphatic heterocycles. The molecule has 2 fully saturated rings. The summed E-state index contributed by atoms with van der Waals surface area (Å²) in [7, 11) is 1.70. The summed E-state index contributed by atoms with van der Waals surface area (Å²) < 4.78 is 11.9. The van der Waals surface area contributed by atoms with E-state index >= 15 is 0 Å². The van der Waals surface area contributed by atoms with Gasteiger partial charge in [-0.1, -0.05) is 6.07 Å². The maximum Gasteiger partial charge on any atom is 0.128 e. The predicted molar refractivity (Wildman–Crippen MR) is 82.6 cm³/mol. The molecule has 0 bridgehead atoms. The average molecular weight is 287 g/mol. The molecule has 0 saturated heterocycles. The normalized spacial score (nSPS) is 35.1. The summed E-state index contributed by atoms with van der Waals surface area (Å²) in [5.41, 5.74) is 7.57. The molecule has 3 nitrogen and oxygen atoms in total. The van der Waals surface area contributed by atoms with E-state index in [0.717, 1.165) is 41.7 Å². The van der Waals surface area contributed by atoms with Gasteiger partial charge in [-0.15, -0.1) is 0 Å². The molecule has 3 heteroatoms. The zero-order valence-corrected chi connectivity index (χ0v) is 12.8. The van der Waals surface area contributed by atoms with Crippen LogP contribution in [0.4, 0.5) is 0 Å². The van der Waals surface area contributed by atoms with Crippen molar-refractivity contribution in [2.45, 2.75) is 56.6 Å². The van der Waals surface area contributed by atoms with Crippen molar-refractivity contribution in [1.29, 1.82) is 0 Å². The molecule has 114 valence electrons. The van der Waals surface area contributed by atoms with Crippen molar-refractivity contribution in [3.05, 3.63) is 23.8 Å². The van der Waals surface area contributed by atoms with Gasteiger partial charge in [0.15, 0.2) is 0 Å². The molecule has 1 heterocycles. The van der Waals surface area contributed by atoms with Gasteiger partial charge < -0.3 is 15.2 Å². The van der Waals surface area contributed by atoms with Crippen LogP contribution in [0.5, 0.6) is 11.5 Å². The fourth-order valence-electron chi connectivity index (χ4n) is 4.44. The molecule has 2 aliphatic carbocycles. The van der Waals surface area contributed by atoms with Crippen LogP contribution in [0.25, 0.3) is 0 Å². The van der Waals surface area contributed by atoms with Crippen LogP contribution < -0.4 is 15.2 Å². The summed E-state index contributed by atoms with van der Waals surface area (Å²) >= 11 is 0. The fourth-order valence-corrected chi connectivity index (χ4v) is 4.44. The van der Waals surface area contributed by atoms with Gasteiger partial charge in [0, 0.05) is 24.1 Å². The first-order valence-electron chi connectivity index (χ1n) is 8.32. The smallest absolute Gasteiger partial charge is 0.128 e. The second-order valence-corrected chi connectivity index (χ2v) is 7.19. The minimum Gasteiger partial charge on any atom is -0.497 e. The first-order valence-corrected chi connectivity index (χ1v) is 8.32. The van der Waals surface area contributed by atoms with Gasteiger partial charge in [-0.2, -0.15) is 0 Å². The number of nitrogens with two attached hydrogens (primary N) is 1. The molecule has 2 unspecified atom stereocenters. The summed E-state index contributed by atoms with van der Waals surface area (Å²) in [5, 5.41) is 0. The highest BCUT2D eigenvalue weighted by Crippen LogP contribution is 2.52. The Kier molecular flexibility index (Phi) is 3.14. The van der Waals surface area contributed by atoms with Crippen LogP contribution in [0.2, 0.25) is 0 Å². The van der Waals surface area contributed by atoms with E-state index in [1.165, 1.54) is 32.1 Å². The number of hydrogen-bond acceptors (Lipinski definition) is 3. The minimum atomic E-state index is -0.0235. The second kappa shape index (κ2) is 4.91. The van der Waals surface area contributed by atoms with Gasteiger partial charge in [0.25, 0.3) is 0 Å². The van der Waals surface area contributed by atoms with Crippen LogP contribution in [0.1, 0.15) is 56.6 Å². The Balaban J connectivity index is 1.62. The summed E-state index contributed by atoms with van der Waals surface area (Å²) in [5.74, 6) is 3.63. The molecule has 21 heavy (non-hydrogen) atoms. The van der Waals surface area contributed by atoms with E-state index in [0.29, 0.717) is 0 Å². The Morgan fingerprint density at radius 2 is 2.05 bits per heavy atom. The lowest BCUT2D eigenvalue weighted by Crippen LogP contribution is -2.46. The lowest BCUT2D eigenvalue weighted by molar-refractivity contribution is -0.0208. The third kappa shape index (κ3) is 2.42. The first kappa shape index (κ1) is 13.4. The number of fused-ring (bicyclic) bond motifs is 1. The Morgan fingerprint density at radius 3 is 2.81 bits per heavy atom. The van der Waals surface area contributed by atoms with Gasteiger partial charge in [-0.05, 0) is 56.4 Å². The van der Waals surface area contributed by atoms with Gasteiger partial charge in [-0.25, -0.2) is 0 Å². The molecule has 1 spiro atoms. The highest BCUT2D eigenvalue weighted by molar-refractivity contribution is 5.44. The van der Waals surface area contributed by atoms with Crippen LogP contribution in [0, 0.1) is 11.8 Å². The van der Waals surface area contributed by atoms with E-state index in [1.54, 1.807) is 7.11 Å². The van der Waals surface area contributed by atoms with Gasteiger partial charge in [0.2, 0.25) is 0 Å². The largest absolute Gasteiger partial charge is 0.497 e. The molecule has 0 amide bonds. The summed E-state index contributed by atoms with van der Waals surface area (Å²) in [6, 6.07) is 6.15. The molecule has 2 saturated carbocycles. The zero-order valence-electron chi connectivity index (χ0n) is 12.8. The second-order valence-electron chi connectivity index (χ2n) is 7.19. The maximum absolute atomic E-state index is 6.52. The number of rotatable bonds is 2. The molecule has 3 aliphatic rings. The summed E-state index contributed by atoms with van der Waals surface area (Å²) in [6.07, 6.45) is 8.84. The highest BCUT2D eigenvalue weighted by atomic mass is 16.5. The van der Waals surface area contributed by atoms with Crippen molar-refractivity contribution in [2.75, 3.05) is 7.11 Å². The van der Waals surface area contributed by atoms with Crippen molar-refractivity contribution in [2.24, 2.45) is 17.6 Å². The van der Waals surface area contributed by atoms with E-state index in [4.69, 9.17) is 15.2 Å². The van der Waals surface area contributed by atoms with Gasteiger partial charge in [0.05, 0.1) is 7.11 Å². The minimum absolute atomic E-state index is 0.0235. The lowest BCUT2D eigenvalue weighted by Gasteiger charge is -2.46. The Morgan fingerprint density at radius 1 is 1.19 bits per heavy atom. The average Bonchev–Trinajstić information content (AvgIpc) is 3.31. The molecule has 1 aromatic carbocycles. The Bertz CT molecular complexity index is 540. The molecule has 0 aromatic heterocycles. The Hall–Kier alpha value is -1.22. The fraction of sp³-hybridized carbons (Fsp3) is 0.667. The number of hydrogen-bond donors (Lipinski definition) is 1. The van der Waals surface area contributed by atoms with E-state index in [9.17, 15) is 0 Å². The van der Waals surface area contributed by atoms with Gasteiger partial charge in [-0.3, -0.25) is 0 Å². The van der Waals surface area contributed by atoms with Crippen molar-refractivity contribution in [3.8, 4) is 11.5 Å². The van der Waals surface area contributed by atoms with Crippen molar-refractivity contribution in [1.82, 2.24) is 0 Å². The third-order valence-corrected chi connectivity index (χ3v) is 5.67. The van der Waals surface area contributed by atoms with Crippen molar-refractivity contribution < 1.29 is 9.47 Å². The third-order valence-electron chi connectivity index (χ3n) is 5.67. The molecular weight excluding hydrogens is 262 g/mol. The van der Waals surface area contributed by atoms with Crippen molar-refractivity contribution in [3.63, 3.8) is 0 Å². The van der Waals surface area contributed by atoms with Crippen LogP contribution in [0.15, 0.2) is 18.2 Å². The zero-order chi connectivity index (χ0) is 14.4. The standard InChI is InChI=1S/C18H25NO2/c1-20-14-6-7-15-16(19)11-18(21-17(15)9-14)8-2-3-13(10-18)12-4-5-12/h6-7,9,12-13,16H,2-5,8,10-11,19H2,1H3/t13?,16-,18?/m0/s1. The van der Waals surface area contributed by atoms with E-state index in [1.807, 2.05) is 12.1 Å².